The van der Waals surface area contributed by atoms with Gasteiger partial charge in [0.2, 0.25) is 0 Å². The zero-order chi connectivity index (χ0) is 16.3. The summed E-state index contributed by atoms with van der Waals surface area (Å²) in [5.74, 6) is 0.0907. The second-order valence-electron chi connectivity index (χ2n) is 6.24. The molecular formula is C20H20N2O. The second-order valence-corrected chi connectivity index (χ2v) is 6.24. The van der Waals surface area contributed by atoms with Crippen molar-refractivity contribution < 1.29 is 4.79 Å². The van der Waals surface area contributed by atoms with E-state index in [9.17, 15) is 4.79 Å². The van der Waals surface area contributed by atoms with Crippen LogP contribution in [-0.2, 0) is 6.42 Å². The Morgan fingerprint density at radius 1 is 1.17 bits per heavy atom. The van der Waals surface area contributed by atoms with Gasteiger partial charge in [-0.3, -0.25) is 4.79 Å². The first-order valence-electron chi connectivity index (χ1n) is 7.77. The Kier molecular flexibility index (Phi) is 4.11. The summed E-state index contributed by atoms with van der Waals surface area (Å²) < 4.78 is 0. The first-order valence-corrected chi connectivity index (χ1v) is 7.77. The van der Waals surface area contributed by atoms with E-state index in [1.54, 1.807) is 0 Å². The predicted molar refractivity (Wildman–Crippen MR) is 94.3 cm³/mol. The number of Topliss-reactive ketones (excluding diaryl/α,β-unsaturated/α-hetero) is 1. The minimum atomic E-state index is -0.604. The molecule has 116 valence electrons. The number of fused-ring (bicyclic) bond motifs is 1. The van der Waals surface area contributed by atoms with Gasteiger partial charge in [0.15, 0.2) is 5.78 Å². The lowest BCUT2D eigenvalue weighted by molar-refractivity contribution is 0.0824. The fourth-order valence-electron chi connectivity index (χ4n) is 3.06. The van der Waals surface area contributed by atoms with E-state index in [2.05, 4.69) is 4.98 Å². The Balaban J connectivity index is 1.95. The molecule has 0 radical (unpaired) electrons. The van der Waals surface area contributed by atoms with Crippen molar-refractivity contribution in [1.82, 2.24) is 4.98 Å². The molecule has 1 unspecified atom stereocenters. The third-order valence-corrected chi connectivity index (χ3v) is 4.35. The molecule has 2 N–H and O–H groups in total. The highest BCUT2D eigenvalue weighted by Crippen LogP contribution is 2.31. The maximum absolute atomic E-state index is 13.1. The van der Waals surface area contributed by atoms with Gasteiger partial charge in [-0.15, -0.1) is 0 Å². The van der Waals surface area contributed by atoms with E-state index in [0.717, 1.165) is 16.5 Å². The highest BCUT2D eigenvalue weighted by molar-refractivity contribution is 6.04. The van der Waals surface area contributed by atoms with Crippen LogP contribution >= 0.6 is 0 Å². The van der Waals surface area contributed by atoms with Crippen molar-refractivity contribution in [1.29, 1.82) is 5.41 Å². The Bertz CT molecular complexity index is 835. The summed E-state index contributed by atoms with van der Waals surface area (Å²) in [4.78, 5) is 16.3. The lowest BCUT2D eigenvalue weighted by Crippen LogP contribution is -2.31. The number of carbonyl (C=O) groups is 1. The van der Waals surface area contributed by atoms with E-state index in [4.69, 9.17) is 5.41 Å². The molecule has 3 heteroatoms. The summed E-state index contributed by atoms with van der Waals surface area (Å²) in [5.41, 5.74) is 2.25. The third kappa shape index (κ3) is 3.09. The van der Waals surface area contributed by atoms with Gasteiger partial charge in [0.1, 0.15) is 0 Å². The molecule has 1 atom stereocenters. The van der Waals surface area contributed by atoms with Crippen molar-refractivity contribution in [2.24, 2.45) is 5.41 Å². The average molecular weight is 304 g/mol. The molecule has 0 saturated carbocycles. The smallest absolute Gasteiger partial charge is 0.169 e. The Morgan fingerprint density at radius 3 is 2.70 bits per heavy atom. The van der Waals surface area contributed by atoms with E-state index in [1.807, 2.05) is 67.7 Å². The molecule has 0 amide bonds. The molecule has 0 fully saturated rings. The van der Waals surface area contributed by atoms with Crippen molar-refractivity contribution in [2.45, 2.75) is 19.8 Å². The van der Waals surface area contributed by atoms with Gasteiger partial charge in [-0.2, -0.15) is 0 Å². The fourth-order valence-corrected chi connectivity index (χ4v) is 3.06. The van der Waals surface area contributed by atoms with E-state index in [0.29, 0.717) is 18.4 Å². The number of carbonyl (C=O) groups excluding carboxylic acids is 1. The summed E-state index contributed by atoms with van der Waals surface area (Å²) in [5, 5.41) is 8.54. The molecule has 0 aliphatic rings. The number of H-pyrrole nitrogens is 1. The van der Waals surface area contributed by atoms with Crippen LogP contribution in [0.3, 0.4) is 0 Å². The number of rotatable bonds is 6. The minimum absolute atomic E-state index is 0.0907. The topological polar surface area (TPSA) is 56.7 Å². The first kappa shape index (κ1) is 15.2. The molecular weight excluding hydrogens is 284 g/mol. The van der Waals surface area contributed by atoms with Crippen LogP contribution in [0.5, 0.6) is 0 Å². The number of nitrogens with one attached hydrogen (secondary N) is 2. The lowest BCUT2D eigenvalue weighted by Gasteiger charge is -2.27. The molecule has 2 aromatic carbocycles. The minimum Gasteiger partial charge on any atom is -0.361 e. The third-order valence-electron chi connectivity index (χ3n) is 4.35. The Morgan fingerprint density at radius 2 is 1.96 bits per heavy atom. The van der Waals surface area contributed by atoms with Crippen molar-refractivity contribution in [3.63, 3.8) is 0 Å². The van der Waals surface area contributed by atoms with Crippen LogP contribution in [0.2, 0.25) is 0 Å². The van der Waals surface area contributed by atoms with E-state index in [1.165, 1.54) is 6.21 Å². The van der Waals surface area contributed by atoms with E-state index < -0.39 is 5.41 Å². The molecule has 0 saturated heterocycles. The van der Waals surface area contributed by atoms with Crippen molar-refractivity contribution in [2.75, 3.05) is 0 Å². The summed E-state index contributed by atoms with van der Waals surface area (Å²) in [7, 11) is 0. The molecule has 23 heavy (non-hydrogen) atoms. The van der Waals surface area contributed by atoms with Crippen molar-refractivity contribution in [3.05, 3.63) is 71.9 Å². The van der Waals surface area contributed by atoms with Crippen LogP contribution in [0.1, 0.15) is 29.3 Å². The SMILES string of the molecule is CC(CC=N)(Cc1ccccc1)C(=O)c1ccc2[nH]ccc2c1. The van der Waals surface area contributed by atoms with Crippen LogP contribution in [0.15, 0.2) is 60.8 Å². The maximum Gasteiger partial charge on any atom is 0.169 e. The molecule has 0 bridgehead atoms. The number of ketones is 1. The van der Waals surface area contributed by atoms with Gasteiger partial charge in [-0.05, 0) is 48.9 Å². The molecule has 0 aliphatic carbocycles. The lowest BCUT2D eigenvalue weighted by atomic mass is 9.75. The highest BCUT2D eigenvalue weighted by atomic mass is 16.1. The van der Waals surface area contributed by atoms with Crippen LogP contribution in [-0.4, -0.2) is 17.0 Å². The van der Waals surface area contributed by atoms with Gasteiger partial charge in [0, 0.05) is 28.1 Å². The van der Waals surface area contributed by atoms with Gasteiger partial charge >= 0.3 is 0 Å². The predicted octanol–water partition coefficient (Wildman–Crippen LogP) is 4.64. The van der Waals surface area contributed by atoms with Crippen LogP contribution in [0.4, 0.5) is 0 Å². The summed E-state index contributed by atoms with van der Waals surface area (Å²) in [6.07, 6.45) is 4.29. The molecule has 0 spiro atoms. The van der Waals surface area contributed by atoms with Crippen molar-refractivity contribution >= 4 is 22.9 Å². The fraction of sp³-hybridized carbons (Fsp3) is 0.200. The van der Waals surface area contributed by atoms with Gasteiger partial charge < -0.3 is 10.4 Å². The largest absolute Gasteiger partial charge is 0.361 e. The van der Waals surface area contributed by atoms with Crippen LogP contribution in [0, 0.1) is 10.8 Å². The number of hydrogen-bond acceptors (Lipinski definition) is 2. The quantitative estimate of drug-likeness (QED) is 0.506. The van der Waals surface area contributed by atoms with Gasteiger partial charge in [-0.1, -0.05) is 37.3 Å². The highest BCUT2D eigenvalue weighted by Gasteiger charge is 2.33. The monoisotopic (exact) mass is 304 g/mol. The van der Waals surface area contributed by atoms with Crippen molar-refractivity contribution in [3.8, 4) is 0 Å². The number of hydrogen-bond donors (Lipinski definition) is 2. The van der Waals surface area contributed by atoms with Crippen LogP contribution < -0.4 is 0 Å². The average Bonchev–Trinajstić information content (AvgIpc) is 3.02. The summed E-state index contributed by atoms with van der Waals surface area (Å²) in [6.45, 7) is 1.95. The maximum atomic E-state index is 13.1. The van der Waals surface area contributed by atoms with Gasteiger partial charge in [-0.25, -0.2) is 0 Å². The zero-order valence-corrected chi connectivity index (χ0v) is 13.2. The normalized spacial score (nSPS) is 13.6. The summed E-state index contributed by atoms with van der Waals surface area (Å²) in [6, 6.07) is 17.7. The van der Waals surface area contributed by atoms with E-state index in [-0.39, 0.29) is 5.78 Å². The molecule has 0 aliphatic heterocycles. The standard InChI is InChI=1S/C20H20N2O/c1-20(10-11-21,14-15-5-3-2-4-6-15)19(23)17-7-8-18-16(13-17)9-12-22-18/h2-9,11-13,21-22H,10,14H2,1H3. The molecule has 3 aromatic rings. The number of benzene rings is 2. The van der Waals surface area contributed by atoms with Crippen LogP contribution in [0.25, 0.3) is 10.9 Å². The molecule has 1 aromatic heterocycles. The second kappa shape index (κ2) is 6.21. The molecule has 1 heterocycles. The number of aromatic amines is 1. The first-order chi connectivity index (χ1) is 11.1. The Labute approximate surface area is 135 Å². The zero-order valence-electron chi connectivity index (χ0n) is 13.2. The summed E-state index contributed by atoms with van der Waals surface area (Å²) >= 11 is 0. The molecule has 3 rings (SSSR count). The van der Waals surface area contributed by atoms with Gasteiger partial charge in [0.25, 0.3) is 0 Å². The molecule has 3 nitrogen and oxygen atoms in total. The van der Waals surface area contributed by atoms with Gasteiger partial charge in [0.05, 0.1) is 0 Å². The number of aromatic nitrogens is 1. The van der Waals surface area contributed by atoms with E-state index >= 15 is 0 Å². The Hall–Kier alpha value is -2.68.